The maximum absolute atomic E-state index is 7.40. The van der Waals surface area contributed by atoms with Crippen LogP contribution in [-0.2, 0) is 4.74 Å². The van der Waals surface area contributed by atoms with Crippen LogP contribution in [0.5, 0.6) is 0 Å². The van der Waals surface area contributed by atoms with Crippen LogP contribution in [0.15, 0.2) is 0 Å². The van der Waals surface area contributed by atoms with Gasteiger partial charge in [0.25, 0.3) is 6.26 Å². The average Bonchev–Trinajstić information content (AvgIpc) is 1.72. The summed E-state index contributed by atoms with van der Waals surface area (Å²) in [5, 5.41) is 7.40. The number of ether oxygens (including phenoxy) is 1. The topological polar surface area (TPSA) is 59.0 Å². The van der Waals surface area contributed by atoms with Gasteiger partial charge in [-0.3, -0.25) is 0 Å². The molecule has 0 aromatic carbocycles. The lowest BCUT2D eigenvalue weighted by Gasteiger charge is -1.61. The summed E-state index contributed by atoms with van der Waals surface area (Å²) in [6, 6.07) is 0. The lowest BCUT2D eigenvalue weighted by Crippen LogP contribution is -1.69. The zero-order chi connectivity index (χ0) is 5.41. The predicted octanol–water partition coefficient (Wildman–Crippen LogP) is -0.311. The van der Waals surface area contributed by atoms with E-state index in [1.54, 1.807) is 0 Å². The van der Waals surface area contributed by atoms with E-state index in [-0.39, 0.29) is 0 Å². The molecule has 3 heteroatoms. The van der Waals surface area contributed by atoms with Gasteiger partial charge < -0.3 is 10.5 Å². The molecule has 0 atom stereocenters. The molecule has 0 aliphatic heterocycles. The molecule has 0 saturated heterocycles. The molecule has 0 spiro atoms. The van der Waals surface area contributed by atoms with E-state index in [1.165, 1.54) is 20.4 Å². The largest absolute Gasteiger partial charge is 0.431 e. The first-order valence-electron chi connectivity index (χ1n) is 1.41. The van der Waals surface area contributed by atoms with Crippen LogP contribution in [0, 0.1) is 11.5 Å². The van der Waals surface area contributed by atoms with Gasteiger partial charge in [-0.2, -0.15) is 5.26 Å². The SMILES string of the molecule is CN.COC#N. The maximum Gasteiger partial charge on any atom is 0.286 e. The van der Waals surface area contributed by atoms with Gasteiger partial charge in [0.1, 0.15) is 0 Å². The third-order valence-corrected chi connectivity index (χ3v) is 0.0913. The van der Waals surface area contributed by atoms with E-state index >= 15 is 0 Å². The maximum atomic E-state index is 7.40. The molecule has 0 amide bonds. The molecule has 0 bridgehead atoms. The molecule has 3 nitrogen and oxygen atoms in total. The summed E-state index contributed by atoms with van der Waals surface area (Å²) < 4.78 is 3.85. The van der Waals surface area contributed by atoms with Crippen LogP contribution in [-0.4, -0.2) is 14.2 Å². The Bertz CT molecular complexity index is 38.5. The Hall–Kier alpha value is -0.750. The second kappa shape index (κ2) is 28.7. The summed E-state index contributed by atoms with van der Waals surface area (Å²) in [6.45, 7) is 0. The van der Waals surface area contributed by atoms with Crippen LogP contribution in [0.2, 0.25) is 0 Å². The smallest absolute Gasteiger partial charge is 0.286 e. The van der Waals surface area contributed by atoms with Gasteiger partial charge in [0.05, 0.1) is 7.11 Å². The van der Waals surface area contributed by atoms with Crippen molar-refractivity contribution in [2.24, 2.45) is 5.73 Å². The van der Waals surface area contributed by atoms with E-state index in [0.717, 1.165) is 0 Å². The average molecular weight is 88.1 g/mol. The van der Waals surface area contributed by atoms with Crippen molar-refractivity contribution in [1.29, 1.82) is 5.26 Å². The molecule has 0 aliphatic rings. The van der Waals surface area contributed by atoms with Gasteiger partial charge in [-0.15, -0.1) is 0 Å². The molecular weight excluding hydrogens is 80.0 g/mol. The Morgan fingerprint density at radius 3 is 1.83 bits per heavy atom. The standard InChI is InChI=1S/C2H3NO.CH5N/c1-4-2-3;1-2/h1H3;2H2,1H3. The third kappa shape index (κ3) is 263. The van der Waals surface area contributed by atoms with Crippen molar-refractivity contribution in [2.45, 2.75) is 0 Å². The molecule has 0 radical (unpaired) electrons. The summed E-state index contributed by atoms with van der Waals surface area (Å²) in [7, 11) is 2.82. The van der Waals surface area contributed by atoms with Crippen molar-refractivity contribution in [3.05, 3.63) is 0 Å². The first kappa shape index (κ1) is 8.98. The number of nitrogens with two attached hydrogens (primary N) is 1. The highest BCUT2D eigenvalue weighted by atomic mass is 16.5. The minimum Gasteiger partial charge on any atom is -0.431 e. The monoisotopic (exact) mass is 88.1 g/mol. The summed E-state index contributed by atoms with van der Waals surface area (Å²) in [4.78, 5) is 0. The van der Waals surface area contributed by atoms with Gasteiger partial charge in [0.15, 0.2) is 0 Å². The molecule has 0 saturated carbocycles. The van der Waals surface area contributed by atoms with Crippen LogP contribution in [0.25, 0.3) is 0 Å². The Balaban J connectivity index is 0. The quantitative estimate of drug-likeness (QED) is 0.413. The summed E-state index contributed by atoms with van der Waals surface area (Å²) >= 11 is 0. The Kier molecular flexibility index (Phi) is 43.0. The molecule has 0 rings (SSSR count). The lowest BCUT2D eigenvalue weighted by atomic mass is 11.5. The van der Waals surface area contributed by atoms with Gasteiger partial charge in [-0.25, -0.2) is 0 Å². The number of hydrogen-bond acceptors (Lipinski definition) is 3. The van der Waals surface area contributed by atoms with E-state index < -0.39 is 0 Å². The normalized spacial score (nSPS) is 3.67. The molecule has 0 aliphatic carbocycles. The van der Waals surface area contributed by atoms with E-state index in [1.807, 2.05) is 0 Å². The molecule has 2 N–H and O–H groups in total. The van der Waals surface area contributed by atoms with Gasteiger partial charge in [0, 0.05) is 0 Å². The second-order valence-electron chi connectivity index (χ2n) is 0.295. The molecular formula is C3H8N2O. The molecule has 0 unspecified atom stereocenters. The zero-order valence-electron chi connectivity index (χ0n) is 3.93. The molecule has 0 aromatic heterocycles. The zero-order valence-corrected chi connectivity index (χ0v) is 3.93. The van der Waals surface area contributed by atoms with Crippen LogP contribution >= 0.6 is 0 Å². The number of nitriles is 1. The van der Waals surface area contributed by atoms with Crippen LogP contribution in [0.3, 0.4) is 0 Å². The van der Waals surface area contributed by atoms with E-state index in [9.17, 15) is 0 Å². The van der Waals surface area contributed by atoms with Gasteiger partial charge in [-0.1, -0.05) is 0 Å². The fourth-order valence-electron chi connectivity index (χ4n) is 0. The Morgan fingerprint density at radius 1 is 1.67 bits per heavy atom. The number of methoxy groups -OCH3 is 1. The Morgan fingerprint density at radius 2 is 1.83 bits per heavy atom. The van der Waals surface area contributed by atoms with Crippen molar-refractivity contribution >= 4 is 0 Å². The fourth-order valence-corrected chi connectivity index (χ4v) is 0. The minimum atomic E-state index is 1.32. The summed E-state index contributed by atoms with van der Waals surface area (Å²) in [5.41, 5.74) is 4.50. The van der Waals surface area contributed by atoms with Gasteiger partial charge >= 0.3 is 0 Å². The van der Waals surface area contributed by atoms with Crippen molar-refractivity contribution in [1.82, 2.24) is 0 Å². The predicted molar refractivity (Wildman–Crippen MR) is 22.7 cm³/mol. The highest BCUT2D eigenvalue weighted by molar-refractivity contribution is 4.39. The molecule has 0 aromatic rings. The van der Waals surface area contributed by atoms with Crippen LogP contribution < -0.4 is 5.73 Å². The number of rotatable bonds is 0. The van der Waals surface area contributed by atoms with Gasteiger partial charge in [0.2, 0.25) is 0 Å². The van der Waals surface area contributed by atoms with Crippen molar-refractivity contribution in [3.63, 3.8) is 0 Å². The Labute approximate surface area is 37.3 Å². The van der Waals surface area contributed by atoms with E-state index in [4.69, 9.17) is 5.26 Å². The highest BCUT2D eigenvalue weighted by Crippen LogP contribution is 1.41. The number of hydrogen-bond donors (Lipinski definition) is 1. The summed E-state index contributed by atoms with van der Waals surface area (Å²) in [6.07, 6.45) is 1.43. The first-order chi connectivity index (χ1) is 2.91. The van der Waals surface area contributed by atoms with Crippen molar-refractivity contribution < 1.29 is 4.74 Å². The molecule has 0 heterocycles. The molecule has 6 heavy (non-hydrogen) atoms. The summed E-state index contributed by atoms with van der Waals surface area (Å²) in [5.74, 6) is 0. The van der Waals surface area contributed by atoms with Gasteiger partial charge in [-0.05, 0) is 7.05 Å². The van der Waals surface area contributed by atoms with Crippen molar-refractivity contribution in [3.8, 4) is 6.26 Å². The van der Waals surface area contributed by atoms with E-state index in [2.05, 4.69) is 10.5 Å². The lowest BCUT2D eigenvalue weighted by molar-refractivity contribution is 0.362. The van der Waals surface area contributed by atoms with E-state index in [0.29, 0.717) is 0 Å². The first-order valence-corrected chi connectivity index (χ1v) is 1.41. The van der Waals surface area contributed by atoms with Crippen LogP contribution in [0.1, 0.15) is 0 Å². The van der Waals surface area contributed by atoms with Crippen molar-refractivity contribution in [2.75, 3.05) is 14.2 Å². The minimum absolute atomic E-state index is 1.32. The third-order valence-electron chi connectivity index (χ3n) is 0.0913. The highest BCUT2D eigenvalue weighted by Gasteiger charge is 1.42. The molecule has 36 valence electrons. The fraction of sp³-hybridized carbons (Fsp3) is 0.667. The molecule has 0 fully saturated rings. The second-order valence-corrected chi connectivity index (χ2v) is 0.295. The number of nitrogens with zero attached hydrogens (tertiary/aromatic N) is 1. The van der Waals surface area contributed by atoms with Crippen LogP contribution in [0.4, 0.5) is 0 Å².